The maximum Gasteiger partial charge on any atom is 0.342 e. The largest absolute Gasteiger partial charge is 0.496 e. The Balaban J connectivity index is 2.08. The topological polar surface area (TPSA) is 82.0 Å². The third-order valence-electron chi connectivity index (χ3n) is 4.33. The molecule has 0 spiro atoms. The molecule has 1 unspecified atom stereocenters. The maximum absolute atomic E-state index is 12.9. The van der Waals surface area contributed by atoms with Crippen LogP contribution in [0, 0.1) is 0 Å². The standard InChI is InChI=1S/C20H21NO5S2/c1-3-26-20(22)18-14(13-28(23,24)15-7-5-4-6-8-15)9-10-16(19(18)25-2)17-11-12-21-27-17/h4-10,12,17H,3,11,13H2,1-2H3. The van der Waals surface area contributed by atoms with Crippen molar-refractivity contribution in [1.29, 1.82) is 0 Å². The van der Waals surface area contributed by atoms with Gasteiger partial charge in [0.05, 0.1) is 29.6 Å². The van der Waals surface area contributed by atoms with Crippen LogP contribution in [0.5, 0.6) is 5.75 Å². The van der Waals surface area contributed by atoms with E-state index >= 15 is 0 Å². The van der Waals surface area contributed by atoms with E-state index in [0.29, 0.717) is 17.7 Å². The van der Waals surface area contributed by atoms with E-state index in [-0.39, 0.29) is 28.1 Å². The smallest absolute Gasteiger partial charge is 0.342 e. The van der Waals surface area contributed by atoms with Gasteiger partial charge < -0.3 is 9.47 Å². The molecule has 1 aliphatic heterocycles. The minimum absolute atomic E-state index is 0.0166. The molecule has 0 N–H and O–H groups in total. The summed E-state index contributed by atoms with van der Waals surface area (Å²) in [5, 5.41) is 0.0166. The molecule has 1 heterocycles. The second kappa shape index (κ2) is 8.79. The van der Waals surface area contributed by atoms with Gasteiger partial charge in [-0.2, -0.15) is 0 Å². The number of benzene rings is 2. The molecule has 2 aromatic rings. The third kappa shape index (κ3) is 4.23. The van der Waals surface area contributed by atoms with Crippen molar-refractivity contribution in [3.8, 4) is 5.75 Å². The molecule has 2 aromatic carbocycles. The average molecular weight is 420 g/mol. The number of sulfone groups is 1. The predicted octanol–water partition coefficient (Wildman–Crippen LogP) is 4.01. The molecule has 6 nitrogen and oxygen atoms in total. The van der Waals surface area contributed by atoms with Crippen molar-refractivity contribution in [2.75, 3.05) is 13.7 Å². The van der Waals surface area contributed by atoms with Gasteiger partial charge in [-0.05, 0) is 36.6 Å². The summed E-state index contributed by atoms with van der Waals surface area (Å²) in [6, 6.07) is 11.6. The second-order valence-corrected chi connectivity index (χ2v) is 9.11. The van der Waals surface area contributed by atoms with Crippen LogP contribution in [0.3, 0.4) is 0 Å². The maximum atomic E-state index is 12.9. The Morgan fingerprint density at radius 1 is 1.21 bits per heavy atom. The molecular weight excluding hydrogens is 398 g/mol. The highest BCUT2D eigenvalue weighted by atomic mass is 32.2. The number of nitrogens with zero attached hydrogens (tertiary/aromatic N) is 1. The van der Waals surface area contributed by atoms with Crippen LogP contribution in [0.4, 0.5) is 0 Å². The molecule has 0 aliphatic carbocycles. The van der Waals surface area contributed by atoms with Crippen molar-refractivity contribution in [3.05, 3.63) is 59.2 Å². The number of esters is 1. The predicted molar refractivity (Wildman–Crippen MR) is 110 cm³/mol. The summed E-state index contributed by atoms with van der Waals surface area (Å²) in [7, 11) is -2.16. The Bertz CT molecular complexity index is 979. The number of ether oxygens (including phenoxy) is 2. The first kappa shape index (κ1) is 20.4. The van der Waals surface area contributed by atoms with Crippen molar-refractivity contribution in [3.63, 3.8) is 0 Å². The fourth-order valence-corrected chi connectivity index (χ4v) is 5.24. The van der Waals surface area contributed by atoms with Crippen LogP contribution in [0.2, 0.25) is 0 Å². The first-order valence-electron chi connectivity index (χ1n) is 8.80. The van der Waals surface area contributed by atoms with E-state index in [1.54, 1.807) is 31.2 Å². The molecule has 0 aromatic heterocycles. The third-order valence-corrected chi connectivity index (χ3v) is 6.99. The van der Waals surface area contributed by atoms with Crippen LogP contribution >= 0.6 is 11.9 Å². The molecule has 1 aliphatic rings. The van der Waals surface area contributed by atoms with Gasteiger partial charge in [0, 0.05) is 18.2 Å². The SMILES string of the molecule is CCOC(=O)c1c(CS(=O)(=O)c2ccccc2)ccc(C2CC=NS2)c1OC. The van der Waals surface area contributed by atoms with Gasteiger partial charge in [0.2, 0.25) is 0 Å². The summed E-state index contributed by atoms with van der Waals surface area (Å²) in [4.78, 5) is 12.9. The Morgan fingerprint density at radius 2 is 1.96 bits per heavy atom. The van der Waals surface area contributed by atoms with Gasteiger partial charge in [-0.3, -0.25) is 0 Å². The van der Waals surface area contributed by atoms with E-state index in [2.05, 4.69) is 4.40 Å². The number of hydrogen-bond donors (Lipinski definition) is 0. The fourth-order valence-electron chi connectivity index (χ4n) is 3.06. The molecule has 0 amide bonds. The molecule has 0 bridgehead atoms. The summed E-state index contributed by atoms with van der Waals surface area (Å²) in [6.07, 6.45) is 2.53. The highest BCUT2D eigenvalue weighted by molar-refractivity contribution is 7.98. The van der Waals surface area contributed by atoms with Crippen LogP contribution in [0.15, 0.2) is 51.8 Å². The molecule has 0 saturated carbocycles. The molecule has 1 atom stereocenters. The number of methoxy groups -OCH3 is 1. The summed E-state index contributed by atoms with van der Waals surface area (Å²) in [5.41, 5.74) is 1.31. The second-order valence-electron chi connectivity index (χ2n) is 6.13. The lowest BCUT2D eigenvalue weighted by molar-refractivity contribution is 0.0521. The van der Waals surface area contributed by atoms with Crippen molar-refractivity contribution < 1.29 is 22.7 Å². The van der Waals surface area contributed by atoms with Gasteiger partial charge in [-0.15, -0.1) is 0 Å². The Labute approximate surface area is 169 Å². The molecular formula is C20H21NO5S2. The summed E-state index contributed by atoms with van der Waals surface area (Å²) in [5.74, 6) is -0.568. The molecule has 28 heavy (non-hydrogen) atoms. The van der Waals surface area contributed by atoms with Crippen molar-refractivity contribution in [1.82, 2.24) is 0 Å². The molecule has 0 radical (unpaired) electrons. The van der Waals surface area contributed by atoms with Crippen molar-refractivity contribution >= 4 is 34.0 Å². The zero-order chi connectivity index (χ0) is 20.1. The number of hydrogen-bond acceptors (Lipinski definition) is 7. The number of rotatable bonds is 7. The normalized spacial score (nSPS) is 16.1. The van der Waals surface area contributed by atoms with Crippen molar-refractivity contribution in [2.45, 2.75) is 29.2 Å². The first-order chi connectivity index (χ1) is 13.5. The van der Waals surface area contributed by atoms with Crippen LogP contribution in [0.25, 0.3) is 0 Å². The fraction of sp³-hybridized carbons (Fsp3) is 0.300. The molecule has 3 rings (SSSR count). The van der Waals surface area contributed by atoms with Crippen LogP contribution < -0.4 is 4.74 Å². The Kier molecular flexibility index (Phi) is 6.41. The zero-order valence-electron chi connectivity index (χ0n) is 15.6. The minimum Gasteiger partial charge on any atom is -0.496 e. The number of carbonyl (C=O) groups excluding carboxylic acids is 1. The van der Waals surface area contributed by atoms with E-state index in [9.17, 15) is 13.2 Å². The molecule has 8 heteroatoms. The van der Waals surface area contributed by atoms with Gasteiger partial charge in [0.1, 0.15) is 11.3 Å². The lowest BCUT2D eigenvalue weighted by Crippen LogP contribution is -2.15. The summed E-state index contributed by atoms with van der Waals surface area (Å²) < 4.78 is 40.6. The van der Waals surface area contributed by atoms with Gasteiger partial charge in [0.25, 0.3) is 0 Å². The van der Waals surface area contributed by atoms with Gasteiger partial charge in [0.15, 0.2) is 9.84 Å². The Hall–Kier alpha value is -2.32. The number of carbonyl (C=O) groups is 1. The van der Waals surface area contributed by atoms with E-state index in [1.165, 1.54) is 31.2 Å². The lowest BCUT2D eigenvalue weighted by Gasteiger charge is -2.19. The summed E-state index contributed by atoms with van der Waals surface area (Å²) in [6.45, 7) is 1.88. The monoisotopic (exact) mass is 419 g/mol. The van der Waals surface area contributed by atoms with Crippen molar-refractivity contribution in [2.24, 2.45) is 4.40 Å². The first-order valence-corrected chi connectivity index (χ1v) is 11.3. The van der Waals surface area contributed by atoms with Gasteiger partial charge >= 0.3 is 5.97 Å². The minimum atomic E-state index is -3.63. The molecule has 0 fully saturated rings. The molecule has 0 saturated heterocycles. The van der Waals surface area contributed by atoms with Gasteiger partial charge in [-0.25, -0.2) is 17.6 Å². The average Bonchev–Trinajstić information content (AvgIpc) is 3.22. The van der Waals surface area contributed by atoms with E-state index in [4.69, 9.17) is 9.47 Å². The quantitative estimate of drug-likeness (QED) is 0.498. The van der Waals surface area contributed by atoms with E-state index < -0.39 is 15.8 Å². The Morgan fingerprint density at radius 3 is 2.57 bits per heavy atom. The highest BCUT2D eigenvalue weighted by Gasteiger charge is 2.29. The lowest BCUT2D eigenvalue weighted by atomic mass is 9.99. The highest BCUT2D eigenvalue weighted by Crippen LogP contribution is 2.43. The van der Waals surface area contributed by atoms with Gasteiger partial charge in [-0.1, -0.05) is 30.3 Å². The van der Waals surface area contributed by atoms with Crippen LogP contribution in [-0.2, 0) is 20.3 Å². The zero-order valence-corrected chi connectivity index (χ0v) is 17.3. The van der Waals surface area contributed by atoms with E-state index in [1.807, 2.05) is 12.3 Å². The summed E-state index contributed by atoms with van der Waals surface area (Å²) >= 11 is 1.39. The van der Waals surface area contributed by atoms with Crippen LogP contribution in [0.1, 0.15) is 40.1 Å². The van der Waals surface area contributed by atoms with Crippen LogP contribution in [-0.4, -0.2) is 34.3 Å². The molecule has 148 valence electrons. The van der Waals surface area contributed by atoms with E-state index in [0.717, 1.165) is 5.56 Å².